The standard InChI is InChI=1S/C16H15N3O4S/c20-16(18-13-3-1-2-4-14(13)19(21)22)11-5-7-17-15(9-11)23-12-6-8-24-10-12/h1-5,7,9,12H,6,8,10H2,(H,18,20). The number of thioether (sulfide) groups is 1. The molecule has 0 radical (unpaired) electrons. The molecule has 1 aromatic heterocycles. The van der Waals surface area contributed by atoms with Crippen molar-refractivity contribution in [3.05, 3.63) is 58.3 Å². The van der Waals surface area contributed by atoms with Crippen molar-refractivity contribution in [2.45, 2.75) is 12.5 Å². The van der Waals surface area contributed by atoms with E-state index < -0.39 is 10.8 Å². The summed E-state index contributed by atoms with van der Waals surface area (Å²) in [6.45, 7) is 0. The molecule has 1 fully saturated rings. The number of pyridine rings is 1. The summed E-state index contributed by atoms with van der Waals surface area (Å²) < 4.78 is 5.76. The molecular weight excluding hydrogens is 330 g/mol. The van der Waals surface area contributed by atoms with Gasteiger partial charge in [-0.15, -0.1) is 0 Å². The average molecular weight is 345 g/mol. The zero-order valence-corrected chi connectivity index (χ0v) is 13.5. The molecule has 124 valence electrons. The normalized spacial score (nSPS) is 16.6. The Balaban J connectivity index is 1.74. The SMILES string of the molecule is O=C(Nc1ccccc1[N+](=O)[O-])c1ccnc(OC2CCSC2)c1. The Morgan fingerprint density at radius 3 is 2.96 bits per heavy atom. The number of hydrogen-bond donors (Lipinski definition) is 1. The van der Waals surface area contributed by atoms with E-state index in [4.69, 9.17) is 4.74 Å². The lowest BCUT2D eigenvalue weighted by Crippen LogP contribution is -2.17. The highest BCUT2D eigenvalue weighted by atomic mass is 32.2. The van der Waals surface area contributed by atoms with Crippen LogP contribution in [0.5, 0.6) is 5.88 Å². The molecular formula is C16H15N3O4S. The van der Waals surface area contributed by atoms with Gasteiger partial charge >= 0.3 is 0 Å². The molecule has 0 saturated carbocycles. The minimum absolute atomic E-state index is 0.107. The minimum Gasteiger partial charge on any atom is -0.473 e. The molecule has 0 spiro atoms. The minimum atomic E-state index is -0.533. The summed E-state index contributed by atoms with van der Waals surface area (Å²) in [6.07, 6.45) is 2.56. The predicted molar refractivity (Wildman–Crippen MR) is 91.6 cm³/mol. The summed E-state index contributed by atoms with van der Waals surface area (Å²) in [5.74, 6) is 1.91. The highest BCUT2D eigenvalue weighted by Crippen LogP contribution is 2.25. The second kappa shape index (κ2) is 7.31. The van der Waals surface area contributed by atoms with Crippen LogP contribution >= 0.6 is 11.8 Å². The number of carbonyl (C=O) groups excluding carboxylic acids is 1. The number of aromatic nitrogens is 1. The lowest BCUT2D eigenvalue weighted by molar-refractivity contribution is -0.383. The zero-order chi connectivity index (χ0) is 16.9. The van der Waals surface area contributed by atoms with Crippen LogP contribution in [0.1, 0.15) is 16.8 Å². The molecule has 8 heteroatoms. The van der Waals surface area contributed by atoms with Crippen LogP contribution in [0.25, 0.3) is 0 Å². The molecule has 0 bridgehead atoms. The first kappa shape index (κ1) is 16.3. The summed E-state index contributed by atoms with van der Waals surface area (Å²) in [7, 11) is 0. The van der Waals surface area contributed by atoms with Gasteiger partial charge in [0, 0.05) is 29.6 Å². The fourth-order valence-electron chi connectivity index (χ4n) is 2.32. The van der Waals surface area contributed by atoms with E-state index in [0.29, 0.717) is 11.4 Å². The molecule has 1 aliphatic rings. The number of rotatable bonds is 5. The van der Waals surface area contributed by atoms with E-state index in [-0.39, 0.29) is 17.5 Å². The third kappa shape index (κ3) is 3.83. The van der Waals surface area contributed by atoms with E-state index in [2.05, 4.69) is 10.3 Å². The Hall–Kier alpha value is -2.61. The van der Waals surface area contributed by atoms with Gasteiger partial charge in [-0.25, -0.2) is 4.98 Å². The number of nitrogens with one attached hydrogen (secondary N) is 1. The number of nitrogens with zero attached hydrogens (tertiary/aromatic N) is 2. The molecule has 0 aliphatic carbocycles. The van der Waals surface area contributed by atoms with E-state index in [1.165, 1.54) is 18.3 Å². The number of amides is 1. The third-order valence-electron chi connectivity index (χ3n) is 3.52. The van der Waals surface area contributed by atoms with Crippen molar-refractivity contribution >= 4 is 29.0 Å². The van der Waals surface area contributed by atoms with Crippen molar-refractivity contribution in [2.24, 2.45) is 0 Å². The molecule has 2 heterocycles. The molecule has 2 aromatic rings. The van der Waals surface area contributed by atoms with Crippen LogP contribution in [-0.4, -0.2) is 33.4 Å². The van der Waals surface area contributed by atoms with Crippen LogP contribution in [0.15, 0.2) is 42.6 Å². The van der Waals surface area contributed by atoms with Crippen LogP contribution in [0.3, 0.4) is 0 Å². The Bertz CT molecular complexity index is 762. The van der Waals surface area contributed by atoms with Gasteiger partial charge in [0.1, 0.15) is 11.8 Å². The third-order valence-corrected chi connectivity index (χ3v) is 4.65. The highest BCUT2D eigenvalue weighted by Gasteiger charge is 2.19. The maximum Gasteiger partial charge on any atom is 0.292 e. The number of nitro benzene ring substituents is 1. The average Bonchev–Trinajstić information content (AvgIpc) is 3.08. The van der Waals surface area contributed by atoms with Gasteiger partial charge in [0.15, 0.2) is 0 Å². The zero-order valence-electron chi connectivity index (χ0n) is 12.7. The molecule has 1 aromatic carbocycles. The van der Waals surface area contributed by atoms with Gasteiger partial charge in [-0.3, -0.25) is 14.9 Å². The van der Waals surface area contributed by atoms with Crippen LogP contribution in [-0.2, 0) is 0 Å². The van der Waals surface area contributed by atoms with Gasteiger partial charge in [0.25, 0.3) is 11.6 Å². The molecule has 3 rings (SSSR count). The van der Waals surface area contributed by atoms with Gasteiger partial charge in [-0.05, 0) is 24.3 Å². The Kier molecular flexibility index (Phi) is 4.95. The second-order valence-electron chi connectivity index (χ2n) is 5.21. The fraction of sp³-hybridized carbons (Fsp3) is 0.250. The summed E-state index contributed by atoms with van der Waals surface area (Å²) in [5.41, 5.74) is 0.335. The van der Waals surface area contributed by atoms with Crippen LogP contribution in [0.4, 0.5) is 11.4 Å². The molecule has 1 aliphatic heterocycles. The van der Waals surface area contributed by atoms with Gasteiger partial charge in [0.2, 0.25) is 5.88 Å². The number of anilines is 1. The number of carbonyl (C=O) groups is 1. The predicted octanol–water partition coefficient (Wildman–Crippen LogP) is 3.13. The molecule has 24 heavy (non-hydrogen) atoms. The summed E-state index contributed by atoms with van der Waals surface area (Å²) in [5, 5.41) is 13.6. The summed E-state index contributed by atoms with van der Waals surface area (Å²) in [4.78, 5) is 27.0. The molecule has 7 nitrogen and oxygen atoms in total. The maximum atomic E-state index is 12.4. The van der Waals surface area contributed by atoms with Crippen molar-refractivity contribution in [1.82, 2.24) is 4.98 Å². The monoisotopic (exact) mass is 345 g/mol. The number of hydrogen-bond acceptors (Lipinski definition) is 6. The second-order valence-corrected chi connectivity index (χ2v) is 6.36. The van der Waals surface area contributed by atoms with E-state index >= 15 is 0 Å². The van der Waals surface area contributed by atoms with E-state index in [0.717, 1.165) is 17.9 Å². The molecule has 1 unspecified atom stereocenters. The van der Waals surface area contributed by atoms with Crippen molar-refractivity contribution in [2.75, 3.05) is 16.8 Å². The van der Waals surface area contributed by atoms with Gasteiger partial charge in [-0.1, -0.05) is 12.1 Å². The highest BCUT2D eigenvalue weighted by molar-refractivity contribution is 7.99. The Morgan fingerprint density at radius 2 is 2.21 bits per heavy atom. The van der Waals surface area contributed by atoms with Crippen LogP contribution in [0, 0.1) is 10.1 Å². The Labute approximate surface area is 142 Å². The van der Waals surface area contributed by atoms with Gasteiger partial charge in [-0.2, -0.15) is 11.8 Å². The van der Waals surface area contributed by atoms with E-state index in [1.54, 1.807) is 24.3 Å². The Morgan fingerprint density at radius 1 is 1.38 bits per heavy atom. The molecule has 1 atom stereocenters. The van der Waals surface area contributed by atoms with E-state index in [1.807, 2.05) is 11.8 Å². The van der Waals surface area contributed by atoms with E-state index in [9.17, 15) is 14.9 Å². The number of nitro groups is 1. The summed E-state index contributed by atoms with van der Waals surface area (Å²) in [6, 6.07) is 9.10. The van der Waals surface area contributed by atoms with Gasteiger partial charge in [0.05, 0.1) is 4.92 Å². The maximum absolute atomic E-state index is 12.4. The fourth-order valence-corrected chi connectivity index (χ4v) is 3.42. The lowest BCUT2D eigenvalue weighted by Gasteiger charge is -2.12. The van der Waals surface area contributed by atoms with Crippen molar-refractivity contribution in [3.8, 4) is 5.88 Å². The number of para-hydroxylation sites is 2. The smallest absolute Gasteiger partial charge is 0.292 e. The van der Waals surface area contributed by atoms with Crippen molar-refractivity contribution < 1.29 is 14.5 Å². The lowest BCUT2D eigenvalue weighted by atomic mass is 10.2. The first-order valence-electron chi connectivity index (χ1n) is 7.39. The van der Waals surface area contributed by atoms with Crippen LogP contribution in [0.2, 0.25) is 0 Å². The number of benzene rings is 1. The molecule has 1 amide bonds. The first-order chi connectivity index (χ1) is 11.6. The van der Waals surface area contributed by atoms with Gasteiger partial charge < -0.3 is 10.1 Å². The largest absolute Gasteiger partial charge is 0.473 e. The van der Waals surface area contributed by atoms with Crippen molar-refractivity contribution in [3.63, 3.8) is 0 Å². The van der Waals surface area contributed by atoms with Crippen molar-refractivity contribution in [1.29, 1.82) is 0 Å². The summed E-state index contributed by atoms with van der Waals surface area (Å²) >= 11 is 1.82. The molecule has 1 N–H and O–H groups in total. The number of ether oxygens (including phenoxy) is 1. The topological polar surface area (TPSA) is 94.4 Å². The van der Waals surface area contributed by atoms with Crippen LogP contribution < -0.4 is 10.1 Å². The quantitative estimate of drug-likeness (QED) is 0.661. The first-order valence-corrected chi connectivity index (χ1v) is 8.54. The molecule has 1 saturated heterocycles.